The molecule has 15 heavy (non-hydrogen) atoms. The summed E-state index contributed by atoms with van der Waals surface area (Å²) in [7, 11) is 0. The SMILES string of the molecule is N#CC1CCNC(c2ccccc2Br)C1. The summed E-state index contributed by atoms with van der Waals surface area (Å²) in [5.41, 5.74) is 1.26. The average molecular weight is 265 g/mol. The molecule has 1 saturated heterocycles. The van der Waals surface area contributed by atoms with Crippen LogP contribution in [0.4, 0.5) is 0 Å². The monoisotopic (exact) mass is 264 g/mol. The van der Waals surface area contributed by atoms with Crippen molar-refractivity contribution in [1.29, 1.82) is 5.26 Å². The van der Waals surface area contributed by atoms with Gasteiger partial charge in [-0.2, -0.15) is 5.26 Å². The molecule has 0 amide bonds. The summed E-state index contributed by atoms with van der Waals surface area (Å²) in [6.07, 6.45) is 1.89. The van der Waals surface area contributed by atoms with E-state index >= 15 is 0 Å². The van der Waals surface area contributed by atoms with Crippen molar-refractivity contribution in [3.05, 3.63) is 34.3 Å². The number of benzene rings is 1. The van der Waals surface area contributed by atoms with Crippen LogP contribution < -0.4 is 5.32 Å². The van der Waals surface area contributed by atoms with Crippen molar-refractivity contribution < 1.29 is 0 Å². The average Bonchev–Trinajstić information content (AvgIpc) is 2.30. The zero-order chi connectivity index (χ0) is 10.7. The minimum atomic E-state index is 0.198. The van der Waals surface area contributed by atoms with E-state index in [2.05, 4.69) is 33.4 Å². The van der Waals surface area contributed by atoms with E-state index in [4.69, 9.17) is 5.26 Å². The summed E-state index contributed by atoms with van der Waals surface area (Å²) in [4.78, 5) is 0. The molecule has 2 atom stereocenters. The quantitative estimate of drug-likeness (QED) is 0.847. The van der Waals surface area contributed by atoms with Crippen molar-refractivity contribution in [3.8, 4) is 6.07 Å². The molecular weight excluding hydrogens is 252 g/mol. The molecule has 1 aromatic rings. The summed E-state index contributed by atoms with van der Waals surface area (Å²) in [5, 5.41) is 12.4. The van der Waals surface area contributed by atoms with Crippen molar-refractivity contribution in [3.63, 3.8) is 0 Å². The zero-order valence-electron chi connectivity index (χ0n) is 8.41. The van der Waals surface area contributed by atoms with Gasteiger partial charge in [-0.15, -0.1) is 0 Å². The van der Waals surface area contributed by atoms with Gasteiger partial charge in [0.15, 0.2) is 0 Å². The number of nitrogens with zero attached hydrogens (tertiary/aromatic N) is 1. The maximum atomic E-state index is 8.94. The third-order valence-corrected chi connectivity index (χ3v) is 3.59. The molecule has 1 aliphatic heterocycles. The Morgan fingerprint density at radius 3 is 2.93 bits per heavy atom. The standard InChI is InChI=1S/C12H13BrN2/c13-11-4-2-1-3-10(11)12-7-9(8-14)5-6-15-12/h1-4,9,12,15H,5-7H2. The number of hydrogen-bond donors (Lipinski definition) is 1. The first kappa shape index (κ1) is 10.7. The van der Waals surface area contributed by atoms with Gasteiger partial charge in [0, 0.05) is 16.4 Å². The second-order valence-electron chi connectivity index (χ2n) is 3.88. The lowest BCUT2D eigenvalue weighted by Gasteiger charge is -2.27. The Hall–Kier alpha value is -0.850. The number of piperidine rings is 1. The smallest absolute Gasteiger partial charge is 0.0657 e. The fourth-order valence-electron chi connectivity index (χ4n) is 2.03. The van der Waals surface area contributed by atoms with Gasteiger partial charge in [0.05, 0.1) is 6.07 Å². The molecule has 0 radical (unpaired) electrons. The highest BCUT2D eigenvalue weighted by Gasteiger charge is 2.23. The van der Waals surface area contributed by atoms with Crippen LogP contribution in [0.2, 0.25) is 0 Å². The molecule has 2 nitrogen and oxygen atoms in total. The summed E-state index contributed by atoms with van der Waals surface area (Å²) in [6.45, 7) is 0.935. The van der Waals surface area contributed by atoms with Crippen molar-refractivity contribution in [2.45, 2.75) is 18.9 Å². The van der Waals surface area contributed by atoms with E-state index in [1.807, 2.05) is 18.2 Å². The highest BCUT2D eigenvalue weighted by molar-refractivity contribution is 9.10. The largest absolute Gasteiger partial charge is 0.310 e. The van der Waals surface area contributed by atoms with Crippen LogP contribution in [0.15, 0.2) is 28.7 Å². The Kier molecular flexibility index (Phi) is 3.40. The Balaban J connectivity index is 2.18. The third-order valence-electron chi connectivity index (χ3n) is 2.87. The number of halogens is 1. The molecule has 0 bridgehead atoms. The fraction of sp³-hybridized carbons (Fsp3) is 0.417. The Morgan fingerprint density at radius 2 is 2.20 bits per heavy atom. The number of rotatable bonds is 1. The van der Waals surface area contributed by atoms with Crippen LogP contribution in [0, 0.1) is 17.2 Å². The van der Waals surface area contributed by atoms with Gasteiger partial charge in [-0.3, -0.25) is 0 Å². The van der Waals surface area contributed by atoms with Crippen LogP contribution in [-0.4, -0.2) is 6.54 Å². The number of nitriles is 1. The Bertz CT molecular complexity index is 383. The van der Waals surface area contributed by atoms with Crippen LogP contribution in [0.5, 0.6) is 0 Å². The zero-order valence-corrected chi connectivity index (χ0v) is 10.00. The maximum absolute atomic E-state index is 8.94. The first-order valence-electron chi connectivity index (χ1n) is 5.18. The summed E-state index contributed by atoms with van der Waals surface area (Å²) >= 11 is 3.55. The predicted molar refractivity (Wildman–Crippen MR) is 63.2 cm³/mol. The summed E-state index contributed by atoms with van der Waals surface area (Å²) < 4.78 is 1.13. The normalized spacial score (nSPS) is 25.9. The molecular formula is C12H13BrN2. The van der Waals surface area contributed by atoms with Gasteiger partial charge in [-0.1, -0.05) is 34.1 Å². The topological polar surface area (TPSA) is 35.8 Å². The first-order chi connectivity index (χ1) is 7.31. The number of hydrogen-bond acceptors (Lipinski definition) is 2. The van der Waals surface area contributed by atoms with E-state index in [-0.39, 0.29) is 5.92 Å². The second-order valence-corrected chi connectivity index (χ2v) is 4.73. The second kappa shape index (κ2) is 4.78. The molecule has 0 saturated carbocycles. The first-order valence-corrected chi connectivity index (χ1v) is 5.98. The highest BCUT2D eigenvalue weighted by atomic mass is 79.9. The molecule has 0 aliphatic carbocycles. The van der Waals surface area contributed by atoms with Gasteiger partial charge in [-0.05, 0) is 31.0 Å². The Labute approximate surface area is 98.4 Å². The third kappa shape index (κ3) is 2.39. The molecule has 1 heterocycles. The molecule has 1 N–H and O–H groups in total. The molecule has 3 heteroatoms. The number of nitrogens with one attached hydrogen (secondary N) is 1. The van der Waals surface area contributed by atoms with E-state index in [0.717, 1.165) is 23.9 Å². The summed E-state index contributed by atoms with van der Waals surface area (Å²) in [5.74, 6) is 0.198. The van der Waals surface area contributed by atoms with Crippen LogP contribution >= 0.6 is 15.9 Å². The van der Waals surface area contributed by atoms with Crippen molar-refractivity contribution in [1.82, 2.24) is 5.32 Å². The van der Waals surface area contributed by atoms with Gasteiger partial charge in [-0.25, -0.2) is 0 Å². The van der Waals surface area contributed by atoms with Crippen molar-refractivity contribution in [2.75, 3.05) is 6.54 Å². The van der Waals surface area contributed by atoms with Gasteiger partial charge in [0.1, 0.15) is 0 Å². The minimum Gasteiger partial charge on any atom is -0.310 e. The van der Waals surface area contributed by atoms with Crippen LogP contribution in [0.1, 0.15) is 24.4 Å². The maximum Gasteiger partial charge on any atom is 0.0657 e. The fourth-order valence-corrected chi connectivity index (χ4v) is 2.59. The van der Waals surface area contributed by atoms with Crippen molar-refractivity contribution >= 4 is 15.9 Å². The van der Waals surface area contributed by atoms with E-state index < -0.39 is 0 Å². The van der Waals surface area contributed by atoms with E-state index in [9.17, 15) is 0 Å². The van der Waals surface area contributed by atoms with Crippen LogP contribution in [0.3, 0.4) is 0 Å². The van der Waals surface area contributed by atoms with Gasteiger partial charge in [0.2, 0.25) is 0 Å². The van der Waals surface area contributed by atoms with Crippen LogP contribution in [0.25, 0.3) is 0 Å². The summed E-state index contributed by atoms with van der Waals surface area (Å²) in [6, 6.07) is 10.9. The van der Waals surface area contributed by atoms with E-state index in [1.54, 1.807) is 0 Å². The van der Waals surface area contributed by atoms with E-state index in [0.29, 0.717) is 6.04 Å². The minimum absolute atomic E-state index is 0.198. The van der Waals surface area contributed by atoms with E-state index in [1.165, 1.54) is 5.56 Å². The lowest BCUT2D eigenvalue weighted by Crippen LogP contribution is -2.31. The predicted octanol–water partition coefficient (Wildman–Crippen LogP) is 3.01. The Morgan fingerprint density at radius 1 is 1.40 bits per heavy atom. The van der Waals surface area contributed by atoms with Gasteiger partial charge in [0.25, 0.3) is 0 Å². The molecule has 0 spiro atoms. The molecule has 2 rings (SSSR count). The van der Waals surface area contributed by atoms with Gasteiger partial charge >= 0.3 is 0 Å². The molecule has 78 valence electrons. The molecule has 2 unspecified atom stereocenters. The van der Waals surface area contributed by atoms with Gasteiger partial charge < -0.3 is 5.32 Å². The molecule has 1 aliphatic rings. The molecule has 1 aromatic carbocycles. The molecule has 1 fully saturated rings. The highest BCUT2D eigenvalue weighted by Crippen LogP contribution is 2.31. The lowest BCUT2D eigenvalue weighted by atomic mass is 9.90. The van der Waals surface area contributed by atoms with Crippen molar-refractivity contribution in [2.24, 2.45) is 5.92 Å². The van der Waals surface area contributed by atoms with Crippen LogP contribution in [-0.2, 0) is 0 Å². The lowest BCUT2D eigenvalue weighted by molar-refractivity contribution is 0.355. The molecule has 0 aromatic heterocycles.